The van der Waals surface area contributed by atoms with Crippen LogP contribution in [0.15, 0.2) is 29.2 Å². The molecule has 1 aromatic rings. The van der Waals surface area contributed by atoms with E-state index in [9.17, 15) is 9.90 Å². The lowest BCUT2D eigenvalue weighted by Gasteiger charge is -2.39. The largest absolute Gasteiger partial charge is 0.508 e. The first-order valence-electron chi connectivity index (χ1n) is 6.48. The Bertz CT molecular complexity index is 465. The van der Waals surface area contributed by atoms with Crippen LogP contribution in [0.1, 0.15) is 13.8 Å². The fourth-order valence-electron chi connectivity index (χ4n) is 2.25. The molecule has 0 amide bonds. The third-order valence-corrected chi connectivity index (χ3v) is 4.23. The van der Waals surface area contributed by atoms with E-state index < -0.39 is 6.04 Å². The zero-order chi connectivity index (χ0) is 14.7. The molecule has 0 saturated carbocycles. The lowest BCUT2D eigenvalue weighted by molar-refractivity contribution is -0.158. The summed E-state index contributed by atoms with van der Waals surface area (Å²) in [5.41, 5.74) is 0. The van der Waals surface area contributed by atoms with Crippen molar-refractivity contribution in [1.82, 2.24) is 4.31 Å². The van der Waals surface area contributed by atoms with E-state index in [1.165, 1.54) is 19.1 Å². The minimum absolute atomic E-state index is 0.0514. The Morgan fingerprint density at radius 2 is 2.05 bits per heavy atom. The van der Waals surface area contributed by atoms with E-state index in [1.807, 2.05) is 30.3 Å². The van der Waals surface area contributed by atoms with Crippen LogP contribution in [-0.2, 0) is 14.3 Å². The molecule has 110 valence electrons. The first kappa shape index (κ1) is 15.2. The maximum Gasteiger partial charge on any atom is 0.326 e. The van der Waals surface area contributed by atoms with Crippen molar-refractivity contribution in [2.45, 2.75) is 37.0 Å². The Morgan fingerprint density at radius 3 is 2.65 bits per heavy atom. The third kappa shape index (κ3) is 3.45. The molecular formula is C14H19NO4S. The van der Waals surface area contributed by atoms with Crippen LogP contribution < -0.4 is 0 Å². The van der Waals surface area contributed by atoms with E-state index in [0.29, 0.717) is 6.54 Å². The number of morpholine rings is 1. The highest BCUT2D eigenvalue weighted by Crippen LogP contribution is 2.31. The fraction of sp³-hybridized carbons (Fsp3) is 0.500. The second-order valence-corrected chi connectivity index (χ2v) is 5.93. The van der Waals surface area contributed by atoms with Crippen LogP contribution in [0.3, 0.4) is 0 Å². The number of hydrogen-bond donors (Lipinski definition) is 1. The number of phenols is 1. The van der Waals surface area contributed by atoms with Crippen molar-refractivity contribution in [2.75, 3.05) is 13.7 Å². The number of carbonyl (C=O) groups excluding carboxylic acids is 1. The first-order chi connectivity index (χ1) is 9.51. The molecule has 0 aromatic heterocycles. The molecule has 3 atom stereocenters. The highest BCUT2D eigenvalue weighted by atomic mass is 32.2. The quantitative estimate of drug-likeness (QED) is 0.680. The van der Waals surface area contributed by atoms with E-state index >= 15 is 0 Å². The Kier molecular flexibility index (Phi) is 4.91. The topological polar surface area (TPSA) is 59.0 Å². The normalized spacial score (nSPS) is 27.2. The fourth-order valence-corrected chi connectivity index (χ4v) is 3.44. The SMILES string of the molecule is COC(=O)C1[C@H](C)OC(C)CN1Sc1ccc(O)cc1. The van der Waals surface area contributed by atoms with E-state index in [-0.39, 0.29) is 23.9 Å². The van der Waals surface area contributed by atoms with Crippen LogP contribution >= 0.6 is 11.9 Å². The molecule has 1 N–H and O–H groups in total. The van der Waals surface area contributed by atoms with E-state index in [1.54, 1.807) is 12.1 Å². The summed E-state index contributed by atoms with van der Waals surface area (Å²) >= 11 is 1.47. The third-order valence-electron chi connectivity index (χ3n) is 3.14. The molecule has 1 fully saturated rings. The molecule has 0 aliphatic carbocycles. The number of aromatic hydroxyl groups is 1. The lowest BCUT2D eigenvalue weighted by atomic mass is 10.1. The number of carbonyl (C=O) groups is 1. The molecule has 1 aromatic carbocycles. The van der Waals surface area contributed by atoms with Gasteiger partial charge in [-0.1, -0.05) is 0 Å². The second-order valence-electron chi connectivity index (χ2n) is 4.80. The zero-order valence-corrected chi connectivity index (χ0v) is 12.6. The van der Waals surface area contributed by atoms with Crippen LogP contribution in [0, 0.1) is 0 Å². The van der Waals surface area contributed by atoms with Gasteiger partial charge in [0.2, 0.25) is 0 Å². The van der Waals surface area contributed by atoms with Gasteiger partial charge in [0.05, 0.1) is 19.3 Å². The summed E-state index contributed by atoms with van der Waals surface area (Å²) < 4.78 is 12.6. The summed E-state index contributed by atoms with van der Waals surface area (Å²) in [6.07, 6.45) is -0.175. The maximum atomic E-state index is 11.9. The number of esters is 1. The van der Waals surface area contributed by atoms with Crippen LogP contribution in [0.5, 0.6) is 5.75 Å². The van der Waals surface area contributed by atoms with Crippen molar-refractivity contribution in [3.05, 3.63) is 24.3 Å². The Labute approximate surface area is 123 Å². The van der Waals surface area contributed by atoms with Crippen molar-refractivity contribution in [1.29, 1.82) is 0 Å². The van der Waals surface area contributed by atoms with Crippen LogP contribution in [0.2, 0.25) is 0 Å². The Hall–Kier alpha value is -1.24. The molecular weight excluding hydrogens is 278 g/mol. The second kappa shape index (κ2) is 6.47. The molecule has 1 aliphatic heterocycles. The van der Waals surface area contributed by atoms with E-state index in [4.69, 9.17) is 9.47 Å². The van der Waals surface area contributed by atoms with Crippen LogP contribution in [-0.4, -0.2) is 47.3 Å². The summed E-state index contributed by atoms with van der Waals surface area (Å²) in [4.78, 5) is 12.9. The zero-order valence-electron chi connectivity index (χ0n) is 11.8. The smallest absolute Gasteiger partial charge is 0.326 e. The molecule has 2 unspecified atom stereocenters. The average molecular weight is 297 g/mol. The van der Waals surface area contributed by atoms with Gasteiger partial charge in [-0.25, -0.2) is 4.31 Å². The van der Waals surface area contributed by atoms with Gasteiger partial charge in [0.1, 0.15) is 11.8 Å². The molecule has 1 saturated heterocycles. The Morgan fingerprint density at radius 1 is 1.40 bits per heavy atom. The number of ether oxygens (including phenoxy) is 2. The van der Waals surface area contributed by atoms with Crippen molar-refractivity contribution < 1.29 is 19.4 Å². The highest BCUT2D eigenvalue weighted by Gasteiger charge is 2.39. The molecule has 0 bridgehead atoms. The molecule has 5 nitrogen and oxygen atoms in total. The number of phenolic OH excluding ortho intramolecular Hbond substituents is 1. The molecule has 0 spiro atoms. The van der Waals surface area contributed by atoms with Gasteiger partial charge >= 0.3 is 5.97 Å². The van der Waals surface area contributed by atoms with Gasteiger partial charge < -0.3 is 14.6 Å². The van der Waals surface area contributed by atoms with Gasteiger partial charge in [0.25, 0.3) is 0 Å². The van der Waals surface area contributed by atoms with Gasteiger partial charge in [0.15, 0.2) is 0 Å². The van der Waals surface area contributed by atoms with Gasteiger partial charge in [-0.15, -0.1) is 0 Å². The van der Waals surface area contributed by atoms with Gasteiger partial charge in [-0.2, -0.15) is 0 Å². The summed E-state index contributed by atoms with van der Waals surface area (Å²) in [6, 6.07) is 6.46. The monoisotopic (exact) mass is 297 g/mol. The molecule has 2 rings (SSSR count). The number of rotatable bonds is 3. The highest BCUT2D eigenvalue weighted by molar-refractivity contribution is 7.97. The molecule has 0 radical (unpaired) electrons. The predicted molar refractivity (Wildman–Crippen MR) is 76.5 cm³/mol. The number of hydrogen-bond acceptors (Lipinski definition) is 6. The minimum atomic E-state index is -0.435. The number of nitrogens with zero attached hydrogens (tertiary/aromatic N) is 1. The standard InChI is InChI=1S/C14H19NO4S/c1-9-8-15(13(10(2)19-9)14(17)18-3)20-12-6-4-11(16)5-7-12/h4-7,9-10,13,16H,8H2,1-3H3/t9?,10-,13?/m0/s1. The number of benzene rings is 1. The molecule has 1 aliphatic rings. The van der Waals surface area contributed by atoms with Gasteiger partial charge in [0, 0.05) is 11.4 Å². The summed E-state index contributed by atoms with van der Waals surface area (Å²) in [5.74, 6) is -0.0711. The maximum absolute atomic E-state index is 11.9. The molecule has 6 heteroatoms. The van der Waals surface area contributed by atoms with E-state index in [2.05, 4.69) is 0 Å². The first-order valence-corrected chi connectivity index (χ1v) is 7.25. The van der Waals surface area contributed by atoms with Gasteiger partial charge in [-0.3, -0.25) is 4.79 Å². The minimum Gasteiger partial charge on any atom is -0.508 e. The summed E-state index contributed by atoms with van der Waals surface area (Å²) in [6.45, 7) is 4.49. The average Bonchev–Trinajstić information content (AvgIpc) is 2.40. The van der Waals surface area contributed by atoms with E-state index in [0.717, 1.165) is 4.90 Å². The predicted octanol–water partition coefficient (Wildman–Crippen LogP) is 2.05. The van der Waals surface area contributed by atoms with Gasteiger partial charge in [-0.05, 0) is 50.1 Å². The van der Waals surface area contributed by atoms with Crippen molar-refractivity contribution in [3.8, 4) is 5.75 Å². The number of methoxy groups -OCH3 is 1. The molecule has 1 heterocycles. The van der Waals surface area contributed by atoms with Crippen molar-refractivity contribution in [3.63, 3.8) is 0 Å². The summed E-state index contributed by atoms with van der Waals surface area (Å²) in [5, 5.41) is 9.31. The lowest BCUT2D eigenvalue weighted by Crippen LogP contribution is -2.54. The van der Waals surface area contributed by atoms with Crippen LogP contribution in [0.4, 0.5) is 0 Å². The Balaban J connectivity index is 2.16. The molecule has 20 heavy (non-hydrogen) atoms. The van der Waals surface area contributed by atoms with Crippen molar-refractivity contribution >= 4 is 17.9 Å². The summed E-state index contributed by atoms with van der Waals surface area (Å²) in [7, 11) is 1.39. The van der Waals surface area contributed by atoms with Crippen LogP contribution in [0.25, 0.3) is 0 Å². The van der Waals surface area contributed by atoms with Crippen molar-refractivity contribution in [2.24, 2.45) is 0 Å².